The summed E-state index contributed by atoms with van der Waals surface area (Å²) in [5, 5.41) is 7.49. The van der Waals surface area contributed by atoms with Crippen LogP contribution in [0.3, 0.4) is 0 Å². The Bertz CT molecular complexity index is 3560. The SMILES string of the molecule is c1ccc(-c2cc(-c3ccccc3)cc(N(c3ccc(-c4ccc5c6ccc7ccccc7c6n(-c6ccccc6)c5c4)cc3)c3ccc(-c4cccc5ccccc45)cc3)c2)cc1. The summed E-state index contributed by atoms with van der Waals surface area (Å²) in [6, 6.07) is 92.7. The molecule has 0 radical (unpaired) electrons. The zero-order valence-electron chi connectivity index (χ0n) is 35.1. The van der Waals surface area contributed by atoms with E-state index in [9.17, 15) is 0 Å². The fraction of sp³-hybridized carbons (Fsp3) is 0. The summed E-state index contributed by atoms with van der Waals surface area (Å²) in [5.74, 6) is 0. The highest BCUT2D eigenvalue weighted by molar-refractivity contribution is 6.19. The average Bonchev–Trinajstić information content (AvgIpc) is 3.72. The van der Waals surface area contributed by atoms with Crippen molar-refractivity contribution in [2.24, 2.45) is 0 Å². The molecule has 0 saturated heterocycles. The summed E-state index contributed by atoms with van der Waals surface area (Å²) < 4.78 is 2.44. The normalized spacial score (nSPS) is 11.4. The molecule has 0 spiro atoms. The highest BCUT2D eigenvalue weighted by atomic mass is 15.1. The van der Waals surface area contributed by atoms with Crippen molar-refractivity contribution in [1.82, 2.24) is 4.57 Å². The van der Waals surface area contributed by atoms with Crippen molar-refractivity contribution >= 4 is 60.4 Å². The maximum absolute atomic E-state index is 2.44. The monoisotopic (exact) mass is 814 g/mol. The van der Waals surface area contributed by atoms with Gasteiger partial charge in [0.25, 0.3) is 0 Å². The molecule has 0 unspecified atom stereocenters. The second-order valence-electron chi connectivity index (χ2n) is 16.5. The Morgan fingerprint density at radius 2 is 0.766 bits per heavy atom. The van der Waals surface area contributed by atoms with Crippen LogP contribution in [0.2, 0.25) is 0 Å². The Kier molecular flexibility index (Phi) is 9.20. The van der Waals surface area contributed by atoms with E-state index >= 15 is 0 Å². The maximum atomic E-state index is 2.44. The third kappa shape index (κ3) is 6.61. The van der Waals surface area contributed by atoms with E-state index in [0.29, 0.717) is 0 Å². The number of rotatable bonds is 8. The Balaban J connectivity index is 1.01. The molecular formula is C62H42N2. The van der Waals surface area contributed by atoms with Crippen LogP contribution in [-0.4, -0.2) is 4.57 Å². The van der Waals surface area contributed by atoms with Gasteiger partial charge in [-0.15, -0.1) is 0 Å². The van der Waals surface area contributed by atoms with Crippen LogP contribution in [0.1, 0.15) is 0 Å². The fourth-order valence-electron chi connectivity index (χ4n) is 9.66. The lowest BCUT2D eigenvalue weighted by Gasteiger charge is -2.27. The molecule has 0 saturated carbocycles. The molecule has 0 fully saturated rings. The van der Waals surface area contributed by atoms with Crippen LogP contribution in [0, 0.1) is 0 Å². The Hall–Kier alpha value is -8.46. The Morgan fingerprint density at radius 3 is 1.42 bits per heavy atom. The first-order valence-corrected chi connectivity index (χ1v) is 22.0. The summed E-state index contributed by atoms with van der Waals surface area (Å²) in [7, 11) is 0. The number of anilines is 3. The standard InChI is InChI=1S/C62H42N2/c1-4-15-43(16-5-1)50-39-51(44-17-6-2-7-18-44)41-55(40-50)63(54-35-29-48(30-36-54)57-26-14-21-46-19-10-12-24-56(46)57)53-33-27-45(28-34-53)49-32-37-59-60-38-31-47-20-11-13-25-58(47)62(60)64(61(59)42-49)52-22-8-3-9-23-52/h1-42H. The molecule has 0 aliphatic rings. The zero-order valence-corrected chi connectivity index (χ0v) is 35.1. The van der Waals surface area contributed by atoms with E-state index in [2.05, 4.69) is 264 Å². The molecule has 0 amide bonds. The van der Waals surface area contributed by atoms with Crippen molar-refractivity contribution in [3.8, 4) is 50.2 Å². The highest BCUT2D eigenvalue weighted by Crippen LogP contribution is 2.43. The minimum Gasteiger partial charge on any atom is -0.310 e. The molecule has 64 heavy (non-hydrogen) atoms. The maximum Gasteiger partial charge on any atom is 0.0619 e. The largest absolute Gasteiger partial charge is 0.310 e. The highest BCUT2D eigenvalue weighted by Gasteiger charge is 2.19. The summed E-state index contributed by atoms with van der Waals surface area (Å²) in [4.78, 5) is 2.40. The van der Waals surface area contributed by atoms with Crippen molar-refractivity contribution < 1.29 is 0 Å². The van der Waals surface area contributed by atoms with Gasteiger partial charge in [-0.25, -0.2) is 0 Å². The van der Waals surface area contributed by atoms with Crippen LogP contribution in [-0.2, 0) is 0 Å². The zero-order chi connectivity index (χ0) is 42.4. The van der Waals surface area contributed by atoms with E-state index in [1.54, 1.807) is 0 Å². The van der Waals surface area contributed by atoms with Gasteiger partial charge in [-0.1, -0.05) is 194 Å². The van der Waals surface area contributed by atoms with Crippen LogP contribution >= 0.6 is 0 Å². The molecule has 0 bridgehead atoms. The Morgan fingerprint density at radius 1 is 0.266 bits per heavy atom. The van der Waals surface area contributed by atoms with Gasteiger partial charge in [-0.2, -0.15) is 0 Å². The van der Waals surface area contributed by atoms with Gasteiger partial charge in [-0.3, -0.25) is 0 Å². The fourth-order valence-corrected chi connectivity index (χ4v) is 9.66. The Labute approximate surface area is 373 Å². The van der Waals surface area contributed by atoms with Crippen molar-refractivity contribution in [2.75, 3.05) is 4.90 Å². The molecule has 1 aromatic heterocycles. The molecule has 0 N–H and O–H groups in total. The molecule has 0 aliphatic heterocycles. The van der Waals surface area contributed by atoms with E-state index in [0.717, 1.165) is 28.3 Å². The topological polar surface area (TPSA) is 8.17 Å². The number of para-hydroxylation sites is 1. The second kappa shape index (κ2) is 15.8. The third-order valence-corrected chi connectivity index (χ3v) is 12.7. The minimum atomic E-state index is 1.08. The molecule has 12 aromatic rings. The first-order valence-electron chi connectivity index (χ1n) is 22.0. The van der Waals surface area contributed by atoms with Crippen LogP contribution in [0.25, 0.3) is 93.5 Å². The predicted molar refractivity (Wildman–Crippen MR) is 272 cm³/mol. The number of hydrogen-bond donors (Lipinski definition) is 0. The minimum absolute atomic E-state index is 1.08. The number of nitrogens with zero attached hydrogens (tertiary/aromatic N) is 2. The molecule has 12 rings (SSSR count). The molecule has 1 heterocycles. The summed E-state index contributed by atoms with van der Waals surface area (Å²) >= 11 is 0. The van der Waals surface area contributed by atoms with Gasteiger partial charge < -0.3 is 9.47 Å². The lowest BCUT2D eigenvalue weighted by molar-refractivity contribution is 1.19. The van der Waals surface area contributed by atoms with E-state index in [1.807, 2.05) is 0 Å². The first-order chi connectivity index (χ1) is 31.7. The summed E-state index contributed by atoms with van der Waals surface area (Å²) in [5.41, 5.74) is 16.3. The molecule has 2 nitrogen and oxygen atoms in total. The number of hydrogen-bond acceptors (Lipinski definition) is 1. The van der Waals surface area contributed by atoms with Gasteiger partial charge in [0, 0.05) is 38.9 Å². The molecule has 0 aliphatic carbocycles. The van der Waals surface area contributed by atoms with Gasteiger partial charge in [0.05, 0.1) is 11.0 Å². The molecular weight excluding hydrogens is 773 g/mol. The third-order valence-electron chi connectivity index (χ3n) is 12.7. The van der Waals surface area contributed by atoms with Gasteiger partial charge in [0.2, 0.25) is 0 Å². The van der Waals surface area contributed by atoms with E-state index < -0.39 is 0 Å². The van der Waals surface area contributed by atoms with E-state index in [1.165, 1.54) is 82.3 Å². The summed E-state index contributed by atoms with van der Waals surface area (Å²) in [6.45, 7) is 0. The van der Waals surface area contributed by atoms with E-state index in [4.69, 9.17) is 0 Å². The molecule has 2 heteroatoms. The van der Waals surface area contributed by atoms with Crippen molar-refractivity contribution in [3.05, 3.63) is 255 Å². The van der Waals surface area contributed by atoms with Crippen molar-refractivity contribution in [3.63, 3.8) is 0 Å². The predicted octanol–water partition coefficient (Wildman–Crippen LogP) is 17.2. The van der Waals surface area contributed by atoms with Crippen LogP contribution in [0.15, 0.2) is 255 Å². The van der Waals surface area contributed by atoms with Crippen molar-refractivity contribution in [1.29, 1.82) is 0 Å². The van der Waals surface area contributed by atoms with Gasteiger partial charge in [0.15, 0.2) is 0 Å². The lowest BCUT2D eigenvalue weighted by Crippen LogP contribution is -2.10. The van der Waals surface area contributed by atoms with Gasteiger partial charge >= 0.3 is 0 Å². The number of fused-ring (bicyclic) bond motifs is 6. The van der Waals surface area contributed by atoms with Crippen LogP contribution < -0.4 is 4.90 Å². The van der Waals surface area contributed by atoms with Gasteiger partial charge in [-0.05, 0) is 121 Å². The molecule has 0 atom stereocenters. The molecule has 11 aromatic carbocycles. The average molecular weight is 815 g/mol. The first kappa shape index (κ1) is 37.3. The van der Waals surface area contributed by atoms with Crippen LogP contribution in [0.4, 0.5) is 17.1 Å². The number of benzene rings is 11. The van der Waals surface area contributed by atoms with Gasteiger partial charge in [0.1, 0.15) is 0 Å². The lowest BCUT2D eigenvalue weighted by atomic mass is 9.96. The van der Waals surface area contributed by atoms with Crippen LogP contribution in [0.5, 0.6) is 0 Å². The van der Waals surface area contributed by atoms with E-state index in [-0.39, 0.29) is 0 Å². The molecule has 300 valence electrons. The van der Waals surface area contributed by atoms with Crippen molar-refractivity contribution in [2.45, 2.75) is 0 Å². The number of aromatic nitrogens is 1. The smallest absolute Gasteiger partial charge is 0.0619 e. The summed E-state index contributed by atoms with van der Waals surface area (Å²) in [6.07, 6.45) is 0. The quantitative estimate of drug-likeness (QED) is 0.148. The second-order valence-corrected chi connectivity index (χ2v) is 16.5.